The maximum Gasteiger partial charge on any atom is 0.340 e. The zero-order valence-corrected chi connectivity index (χ0v) is 31.7. The quantitative estimate of drug-likeness (QED) is 0.0751. The average molecular weight is 794 g/mol. The number of nitrogens with one attached hydrogen (secondary N) is 4. The van der Waals surface area contributed by atoms with Gasteiger partial charge in [-0.25, -0.2) is 8.42 Å². The van der Waals surface area contributed by atoms with Gasteiger partial charge in [0, 0.05) is 47.7 Å². The van der Waals surface area contributed by atoms with Gasteiger partial charge in [-0.3, -0.25) is 23.8 Å². The van der Waals surface area contributed by atoms with Crippen LogP contribution >= 0.6 is 18.9 Å². The fourth-order valence-electron chi connectivity index (χ4n) is 4.96. The maximum atomic E-state index is 13.2. The summed E-state index contributed by atoms with van der Waals surface area (Å²) in [7, 11) is -2.90. The predicted octanol–water partition coefficient (Wildman–Crippen LogP) is 2.45. The molecular formula is C33H40N5O12PS2. The first-order valence-electron chi connectivity index (χ1n) is 15.8. The normalized spacial score (nSPS) is 11.6. The third-order valence-corrected chi connectivity index (χ3v) is 11.4. The lowest BCUT2D eigenvalue weighted by Crippen LogP contribution is -2.43. The van der Waals surface area contributed by atoms with Crippen molar-refractivity contribution in [1.82, 2.24) is 20.3 Å². The summed E-state index contributed by atoms with van der Waals surface area (Å²) in [5, 5.41) is 8.91. The molecule has 0 spiro atoms. The van der Waals surface area contributed by atoms with Crippen molar-refractivity contribution in [2.24, 2.45) is 0 Å². The van der Waals surface area contributed by atoms with E-state index in [-0.39, 0.29) is 48.7 Å². The van der Waals surface area contributed by atoms with Gasteiger partial charge in [0.25, 0.3) is 21.8 Å². The Morgan fingerprint density at radius 1 is 0.755 bits per heavy atom. The predicted molar refractivity (Wildman–Crippen MR) is 198 cm³/mol. The van der Waals surface area contributed by atoms with Gasteiger partial charge in [0.2, 0.25) is 5.91 Å². The molecule has 4 rings (SSSR count). The number of ether oxygens (including phenoxy) is 4. The Kier molecular flexibility index (Phi) is 14.2. The Morgan fingerprint density at radius 2 is 1.28 bits per heavy atom. The van der Waals surface area contributed by atoms with Crippen LogP contribution in [0.5, 0.6) is 23.0 Å². The third kappa shape index (κ3) is 11.6. The smallest absolute Gasteiger partial charge is 0.340 e. The summed E-state index contributed by atoms with van der Waals surface area (Å²) in [4.78, 5) is 58.9. The summed E-state index contributed by atoms with van der Waals surface area (Å²) >= 11 is 0.900. The van der Waals surface area contributed by atoms with Crippen molar-refractivity contribution in [3.8, 4) is 23.0 Å². The van der Waals surface area contributed by atoms with Crippen LogP contribution in [0, 0.1) is 0 Å². The van der Waals surface area contributed by atoms with Crippen molar-refractivity contribution >= 4 is 62.5 Å². The average Bonchev–Trinajstić information content (AvgIpc) is 3.57. The zero-order chi connectivity index (χ0) is 38.8. The highest BCUT2D eigenvalue weighted by atomic mass is 32.2. The van der Waals surface area contributed by atoms with E-state index in [9.17, 15) is 27.4 Å². The van der Waals surface area contributed by atoms with Gasteiger partial charge in [-0.05, 0) is 66.0 Å². The lowest BCUT2D eigenvalue weighted by Gasteiger charge is -2.22. The van der Waals surface area contributed by atoms with E-state index >= 15 is 0 Å². The van der Waals surface area contributed by atoms with Crippen LogP contribution in [0.2, 0.25) is 0 Å². The number of carbonyl (C=O) groups is 3. The molecule has 0 aliphatic rings. The summed E-state index contributed by atoms with van der Waals surface area (Å²) in [5.41, 5.74) is 1.05. The van der Waals surface area contributed by atoms with Gasteiger partial charge in [0.05, 0.1) is 35.0 Å². The van der Waals surface area contributed by atoms with Gasteiger partial charge in [-0.2, -0.15) is 4.72 Å². The molecule has 3 aromatic carbocycles. The molecule has 6 N–H and O–H groups in total. The minimum Gasteiger partial charge on any atom is -0.493 e. The van der Waals surface area contributed by atoms with E-state index < -0.39 is 29.8 Å². The highest BCUT2D eigenvalue weighted by molar-refractivity contribution is 7.92. The van der Waals surface area contributed by atoms with E-state index in [1.54, 1.807) is 59.5 Å². The van der Waals surface area contributed by atoms with Crippen molar-refractivity contribution in [2.75, 3.05) is 72.8 Å². The highest BCUT2D eigenvalue weighted by Gasteiger charge is 2.23. The van der Waals surface area contributed by atoms with Crippen LogP contribution in [-0.2, 0) is 19.4 Å². The second kappa shape index (κ2) is 18.3. The molecule has 0 aliphatic heterocycles. The molecule has 0 saturated carbocycles. The van der Waals surface area contributed by atoms with Crippen LogP contribution in [-0.4, -0.2) is 108 Å². The molecule has 53 heavy (non-hydrogen) atoms. The first-order chi connectivity index (χ1) is 25.2. The minimum atomic E-state index is -4.61. The van der Waals surface area contributed by atoms with Gasteiger partial charge in [-0.15, -0.1) is 11.3 Å². The number of methoxy groups -OCH3 is 4. The standard InChI is InChI=1S/C33H40N5O12PS2/c1-47-25-8-5-21(16-27(25)49-3)32(40)34-11-13-38(14-12-35-33(41)22-6-9-26(48-2)28(17-22)50-4)19-30(39)37-24-7-10-29-23(15-24)18-31(52-29)53(45,46)36-20-51(42,43)44/h5-10,15-18,36H,11-14,19-20H2,1-4H3,(H,34,40)(H,35,41)(H,37,39)(H2,42,43,44). The molecule has 4 aromatic rings. The van der Waals surface area contributed by atoms with Gasteiger partial charge in [0.15, 0.2) is 23.0 Å². The zero-order valence-electron chi connectivity index (χ0n) is 29.2. The van der Waals surface area contributed by atoms with E-state index in [1.807, 2.05) is 4.72 Å². The molecule has 3 amide bonds. The van der Waals surface area contributed by atoms with Crippen LogP contribution < -0.4 is 39.6 Å². The Labute approximate surface area is 309 Å². The number of carbonyl (C=O) groups excluding carboxylic acids is 3. The van der Waals surface area contributed by atoms with Crippen molar-refractivity contribution in [3.05, 3.63) is 71.8 Å². The molecule has 1 aromatic heterocycles. The van der Waals surface area contributed by atoms with Crippen LogP contribution in [0.25, 0.3) is 10.1 Å². The number of amides is 3. The number of benzene rings is 3. The van der Waals surface area contributed by atoms with Crippen LogP contribution in [0.3, 0.4) is 0 Å². The molecular weight excluding hydrogens is 753 g/mol. The molecule has 0 saturated heterocycles. The molecule has 1 heterocycles. The van der Waals surface area contributed by atoms with E-state index in [1.165, 1.54) is 34.5 Å². The SMILES string of the molecule is COc1ccc(C(=O)NCCN(CCNC(=O)c2ccc(OC)c(OC)c2)CC(=O)Nc2ccc3sc(S(=O)(=O)NCP(=O)(O)O)cc3c2)cc1OC. The first kappa shape index (κ1) is 41.0. The number of hydrogen-bond donors (Lipinski definition) is 6. The van der Waals surface area contributed by atoms with Crippen molar-refractivity contribution in [2.45, 2.75) is 4.21 Å². The third-order valence-electron chi connectivity index (χ3n) is 7.59. The maximum absolute atomic E-state index is 13.2. The first-order valence-corrected chi connectivity index (χ1v) is 19.9. The number of hydrogen-bond acceptors (Lipinski definition) is 12. The minimum absolute atomic E-state index is 0.133. The molecule has 20 heteroatoms. The number of nitrogens with zero attached hydrogens (tertiary/aromatic N) is 1. The lowest BCUT2D eigenvalue weighted by molar-refractivity contribution is -0.117. The summed E-state index contributed by atoms with van der Waals surface area (Å²) in [6.45, 7) is 0.624. The number of sulfonamides is 1. The van der Waals surface area contributed by atoms with E-state index in [4.69, 9.17) is 28.7 Å². The summed E-state index contributed by atoms with van der Waals surface area (Å²) in [6.07, 6.45) is -1.04. The summed E-state index contributed by atoms with van der Waals surface area (Å²) in [5.74, 6) is 0.537. The van der Waals surface area contributed by atoms with Crippen molar-refractivity contribution in [1.29, 1.82) is 0 Å². The molecule has 0 aliphatic carbocycles. The van der Waals surface area contributed by atoms with Crippen molar-refractivity contribution < 1.29 is 56.1 Å². The lowest BCUT2D eigenvalue weighted by atomic mass is 10.2. The second-order valence-corrected chi connectivity index (χ2v) is 16.0. The molecule has 0 atom stereocenters. The molecule has 0 bridgehead atoms. The topological polar surface area (TPSA) is 231 Å². The Hall–Kier alpha value is -4.75. The van der Waals surface area contributed by atoms with Crippen molar-refractivity contribution in [3.63, 3.8) is 0 Å². The Bertz CT molecular complexity index is 2030. The fourth-order valence-corrected chi connectivity index (χ4v) is 8.39. The number of anilines is 1. The van der Waals surface area contributed by atoms with Gasteiger partial charge in [-0.1, -0.05) is 0 Å². The van der Waals surface area contributed by atoms with Gasteiger partial charge < -0.3 is 44.7 Å². The van der Waals surface area contributed by atoms with Gasteiger partial charge >= 0.3 is 7.60 Å². The Morgan fingerprint density at radius 3 is 1.77 bits per heavy atom. The van der Waals surface area contributed by atoms with E-state index in [0.717, 1.165) is 11.3 Å². The summed E-state index contributed by atoms with van der Waals surface area (Å²) < 4.78 is 59.6. The highest BCUT2D eigenvalue weighted by Crippen LogP contribution is 2.35. The molecule has 0 fully saturated rings. The summed E-state index contributed by atoms with van der Waals surface area (Å²) in [6, 6.07) is 15.6. The Balaban J connectivity index is 1.42. The largest absolute Gasteiger partial charge is 0.493 e. The number of rotatable bonds is 19. The van der Waals surface area contributed by atoms with E-state index in [2.05, 4.69) is 16.0 Å². The number of fused-ring (bicyclic) bond motifs is 1. The monoisotopic (exact) mass is 793 g/mol. The molecule has 286 valence electrons. The van der Waals surface area contributed by atoms with Gasteiger partial charge in [0.1, 0.15) is 10.5 Å². The number of thiophene rings is 1. The van der Waals surface area contributed by atoms with Crippen LogP contribution in [0.4, 0.5) is 5.69 Å². The molecule has 17 nitrogen and oxygen atoms in total. The van der Waals surface area contributed by atoms with Crippen LogP contribution in [0.1, 0.15) is 20.7 Å². The second-order valence-electron chi connectivity index (χ2n) is 11.3. The van der Waals surface area contributed by atoms with Crippen LogP contribution in [0.15, 0.2) is 64.9 Å². The van der Waals surface area contributed by atoms with E-state index in [0.29, 0.717) is 49.9 Å². The molecule has 0 radical (unpaired) electrons. The fraction of sp³-hybridized carbons (Fsp3) is 0.303. The molecule has 0 unspecified atom stereocenters.